The van der Waals surface area contributed by atoms with Gasteiger partial charge in [-0.1, -0.05) is 35.3 Å². The second-order valence-corrected chi connectivity index (χ2v) is 6.95. The second kappa shape index (κ2) is 6.28. The predicted molar refractivity (Wildman–Crippen MR) is 99.4 cm³/mol. The van der Waals surface area contributed by atoms with Crippen LogP contribution in [0.15, 0.2) is 42.5 Å². The van der Waals surface area contributed by atoms with Crippen LogP contribution in [0.4, 0.5) is 4.79 Å². The highest BCUT2D eigenvalue weighted by atomic mass is 35.5. The maximum Gasteiger partial charge on any atom is 0.410 e. The van der Waals surface area contributed by atoms with Gasteiger partial charge in [-0.05, 0) is 47.9 Å². The smallest absolute Gasteiger partial charge is 0.410 e. The van der Waals surface area contributed by atoms with Gasteiger partial charge in [0.2, 0.25) is 0 Å². The van der Waals surface area contributed by atoms with Gasteiger partial charge in [-0.25, -0.2) is 4.79 Å². The van der Waals surface area contributed by atoms with E-state index >= 15 is 0 Å². The number of ether oxygens (including phenoxy) is 1. The van der Waals surface area contributed by atoms with E-state index in [0.29, 0.717) is 16.6 Å². The Bertz CT molecular complexity index is 950. The molecule has 3 aromatic rings. The van der Waals surface area contributed by atoms with Crippen molar-refractivity contribution >= 4 is 40.2 Å². The fourth-order valence-corrected chi connectivity index (χ4v) is 3.86. The molecule has 1 aliphatic rings. The lowest BCUT2D eigenvalue weighted by molar-refractivity contribution is 0.108. The summed E-state index contributed by atoms with van der Waals surface area (Å²) >= 11 is 12.2. The number of nitrogens with one attached hydrogen (secondary N) is 1. The summed E-state index contributed by atoms with van der Waals surface area (Å²) < 4.78 is 5.00. The van der Waals surface area contributed by atoms with Gasteiger partial charge in [-0.2, -0.15) is 0 Å². The number of aromatic amines is 1. The van der Waals surface area contributed by atoms with Crippen LogP contribution < -0.4 is 0 Å². The van der Waals surface area contributed by atoms with Gasteiger partial charge in [0, 0.05) is 33.2 Å². The van der Waals surface area contributed by atoms with Gasteiger partial charge in [0.25, 0.3) is 0 Å². The number of carbonyl (C=O) groups is 1. The molecule has 4 rings (SSSR count). The van der Waals surface area contributed by atoms with E-state index in [1.807, 2.05) is 42.5 Å². The van der Waals surface area contributed by atoms with Crippen LogP contribution in [0, 0.1) is 0 Å². The number of amides is 1. The number of rotatable bonds is 1. The standard InChI is InChI=1S/C19H16Cl2N2O2/c1-25-19(24)23-9-8-14-15-10-13(21)6-7-16(15)22-17(14)18(23)11-2-4-12(20)5-3-11/h2-7,10,18,22H,8-9H2,1H3. The van der Waals surface area contributed by atoms with Crippen LogP contribution in [0.25, 0.3) is 10.9 Å². The van der Waals surface area contributed by atoms with Gasteiger partial charge in [-0.3, -0.25) is 4.90 Å². The summed E-state index contributed by atoms with van der Waals surface area (Å²) in [4.78, 5) is 17.6. The maximum absolute atomic E-state index is 12.3. The van der Waals surface area contributed by atoms with Crippen molar-refractivity contribution in [3.8, 4) is 0 Å². The fraction of sp³-hybridized carbons (Fsp3) is 0.211. The minimum Gasteiger partial charge on any atom is -0.453 e. The number of methoxy groups -OCH3 is 1. The normalized spacial score (nSPS) is 16.8. The number of nitrogens with zero attached hydrogens (tertiary/aromatic N) is 1. The van der Waals surface area contributed by atoms with Crippen LogP contribution >= 0.6 is 23.2 Å². The van der Waals surface area contributed by atoms with Crippen LogP contribution in [0.3, 0.4) is 0 Å². The molecule has 1 aliphatic heterocycles. The van der Waals surface area contributed by atoms with Gasteiger partial charge >= 0.3 is 6.09 Å². The molecule has 6 heteroatoms. The van der Waals surface area contributed by atoms with Crippen molar-refractivity contribution in [3.05, 3.63) is 69.3 Å². The van der Waals surface area contributed by atoms with Crippen LogP contribution in [0.2, 0.25) is 10.0 Å². The van der Waals surface area contributed by atoms with E-state index in [1.54, 1.807) is 4.90 Å². The minimum atomic E-state index is -0.345. The molecule has 1 N–H and O–H groups in total. The monoisotopic (exact) mass is 374 g/mol. The highest BCUT2D eigenvalue weighted by Gasteiger charge is 2.35. The van der Waals surface area contributed by atoms with E-state index in [0.717, 1.165) is 28.6 Å². The number of benzene rings is 2. The first kappa shape index (κ1) is 16.3. The number of hydrogen-bond acceptors (Lipinski definition) is 2. The molecular formula is C19H16Cl2N2O2. The molecule has 0 spiro atoms. The van der Waals surface area contributed by atoms with Gasteiger partial charge in [-0.15, -0.1) is 0 Å². The minimum absolute atomic E-state index is 0.250. The Morgan fingerprint density at radius 2 is 1.88 bits per heavy atom. The van der Waals surface area contributed by atoms with E-state index in [1.165, 1.54) is 12.7 Å². The lowest BCUT2D eigenvalue weighted by Crippen LogP contribution is -2.40. The van der Waals surface area contributed by atoms with Crippen LogP contribution in [-0.4, -0.2) is 29.6 Å². The highest BCUT2D eigenvalue weighted by Crippen LogP contribution is 2.39. The van der Waals surface area contributed by atoms with Crippen molar-refractivity contribution in [1.29, 1.82) is 0 Å². The van der Waals surface area contributed by atoms with Crippen molar-refractivity contribution in [2.45, 2.75) is 12.5 Å². The molecule has 0 aliphatic carbocycles. The molecule has 1 atom stereocenters. The molecule has 2 heterocycles. The summed E-state index contributed by atoms with van der Waals surface area (Å²) in [5, 5.41) is 2.46. The summed E-state index contributed by atoms with van der Waals surface area (Å²) in [6.07, 6.45) is 0.400. The Labute approximate surface area is 155 Å². The molecule has 25 heavy (non-hydrogen) atoms. The lowest BCUT2D eigenvalue weighted by atomic mass is 9.93. The van der Waals surface area contributed by atoms with Crippen molar-refractivity contribution in [1.82, 2.24) is 9.88 Å². The molecule has 2 aromatic carbocycles. The molecular weight excluding hydrogens is 359 g/mol. The first-order valence-corrected chi connectivity index (χ1v) is 8.74. The van der Waals surface area contributed by atoms with Crippen LogP contribution in [0.5, 0.6) is 0 Å². The SMILES string of the molecule is COC(=O)N1CCc2c([nH]c3ccc(Cl)cc23)C1c1ccc(Cl)cc1. The molecule has 1 unspecified atom stereocenters. The van der Waals surface area contributed by atoms with E-state index in [9.17, 15) is 4.79 Å². The second-order valence-electron chi connectivity index (χ2n) is 6.07. The summed E-state index contributed by atoms with van der Waals surface area (Å²) in [7, 11) is 1.40. The number of H-pyrrole nitrogens is 1. The van der Waals surface area contributed by atoms with Gasteiger partial charge in [0.1, 0.15) is 6.04 Å². The van der Waals surface area contributed by atoms with Crippen molar-refractivity contribution in [2.24, 2.45) is 0 Å². The van der Waals surface area contributed by atoms with E-state index in [4.69, 9.17) is 27.9 Å². The quantitative estimate of drug-likeness (QED) is 0.636. The zero-order chi connectivity index (χ0) is 17.6. The van der Waals surface area contributed by atoms with Crippen molar-refractivity contribution in [2.75, 3.05) is 13.7 Å². The average Bonchev–Trinajstić information content (AvgIpc) is 2.99. The lowest BCUT2D eigenvalue weighted by Gasteiger charge is -2.35. The summed E-state index contributed by atoms with van der Waals surface area (Å²) in [5.41, 5.74) is 4.18. The molecule has 0 saturated heterocycles. The molecule has 0 saturated carbocycles. The van der Waals surface area contributed by atoms with Gasteiger partial charge < -0.3 is 9.72 Å². The Morgan fingerprint density at radius 3 is 2.60 bits per heavy atom. The Morgan fingerprint density at radius 1 is 1.16 bits per heavy atom. The molecule has 0 radical (unpaired) electrons. The molecule has 1 aromatic heterocycles. The highest BCUT2D eigenvalue weighted by molar-refractivity contribution is 6.31. The fourth-order valence-electron chi connectivity index (χ4n) is 3.57. The third kappa shape index (κ3) is 2.75. The Hall–Kier alpha value is -2.17. The summed E-state index contributed by atoms with van der Waals surface area (Å²) in [6.45, 7) is 0.576. The number of carbonyl (C=O) groups excluding carboxylic acids is 1. The largest absolute Gasteiger partial charge is 0.453 e. The zero-order valence-electron chi connectivity index (χ0n) is 13.6. The third-order valence-corrected chi connectivity index (χ3v) is 5.17. The Balaban J connectivity index is 1.91. The van der Waals surface area contributed by atoms with Gasteiger partial charge in [0.15, 0.2) is 0 Å². The molecule has 1 amide bonds. The van der Waals surface area contributed by atoms with Gasteiger partial charge in [0.05, 0.1) is 7.11 Å². The first-order valence-electron chi connectivity index (χ1n) is 7.98. The molecule has 4 nitrogen and oxygen atoms in total. The number of halogens is 2. The zero-order valence-corrected chi connectivity index (χ0v) is 15.1. The topological polar surface area (TPSA) is 45.3 Å². The third-order valence-electron chi connectivity index (χ3n) is 4.68. The average molecular weight is 375 g/mol. The van der Waals surface area contributed by atoms with Crippen LogP contribution in [-0.2, 0) is 11.2 Å². The van der Waals surface area contributed by atoms with Crippen LogP contribution in [0.1, 0.15) is 22.9 Å². The van der Waals surface area contributed by atoms with E-state index in [-0.39, 0.29) is 12.1 Å². The molecule has 0 bridgehead atoms. The summed E-state index contributed by atoms with van der Waals surface area (Å²) in [5.74, 6) is 0. The van der Waals surface area contributed by atoms with E-state index in [2.05, 4.69) is 4.98 Å². The summed E-state index contributed by atoms with van der Waals surface area (Å²) in [6, 6.07) is 13.1. The number of fused-ring (bicyclic) bond motifs is 3. The van der Waals surface area contributed by atoms with E-state index < -0.39 is 0 Å². The van der Waals surface area contributed by atoms with Crippen molar-refractivity contribution < 1.29 is 9.53 Å². The molecule has 128 valence electrons. The van der Waals surface area contributed by atoms with Crippen molar-refractivity contribution in [3.63, 3.8) is 0 Å². The maximum atomic E-state index is 12.3. The molecule has 0 fully saturated rings. The Kier molecular flexibility index (Phi) is 4.10. The first-order chi connectivity index (χ1) is 12.1. The predicted octanol–water partition coefficient (Wildman–Crippen LogP) is 5.19. The number of aromatic nitrogens is 1. The number of hydrogen-bond donors (Lipinski definition) is 1.